The van der Waals surface area contributed by atoms with Crippen LogP contribution < -0.4 is 11.1 Å². The van der Waals surface area contributed by atoms with Crippen molar-refractivity contribution in [2.45, 2.75) is 25.4 Å². The van der Waals surface area contributed by atoms with Gasteiger partial charge < -0.3 is 15.8 Å². The summed E-state index contributed by atoms with van der Waals surface area (Å²) in [5.74, 6) is -0.208. The predicted molar refractivity (Wildman–Crippen MR) is 67.5 cm³/mol. The highest BCUT2D eigenvalue weighted by atomic mass is 16.5. The van der Waals surface area contributed by atoms with E-state index in [9.17, 15) is 4.79 Å². The molecule has 0 bridgehead atoms. The first-order valence-corrected chi connectivity index (χ1v) is 5.59. The van der Waals surface area contributed by atoms with Crippen molar-refractivity contribution in [2.24, 2.45) is 5.73 Å². The van der Waals surface area contributed by atoms with E-state index in [1.165, 1.54) is 7.11 Å². The number of nitrogens with one attached hydrogen (secondary N) is 1. The fraction of sp³-hybridized carbons (Fsp3) is 0.462. The second-order valence-corrected chi connectivity index (χ2v) is 4.54. The van der Waals surface area contributed by atoms with Gasteiger partial charge in [0.15, 0.2) is 0 Å². The van der Waals surface area contributed by atoms with Gasteiger partial charge in [0.05, 0.1) is 12.1 Å². The second-order valence-electron chi connectivity index (χ2n) is 4.54. The highest BCUT2D eigenvalue weighted by Crippen LogP contribution is 2.19. The average Bonchev–Trinajstić information content (AvgIpc) is 2.30. The van der Waals surface area contributed by atoms with E-state index in [2.05, 4.69) is 5.32 Å². The lowest BCUT2D eigenvalue weighted by atomic mass is 9.94. The third-order valence-electron chi connectivity index (χ3n) is 2.61. The van der Waals surface area contributed by atoms with Crippen LogP contribution in [0.15, 0.2) is 30.3 Å². The molecule has 1 aromatic carbocycles. The Kier molecular flexibility index (Phi) is 4.66. The molecule has 3 N–H and O–H groups in total. The SMILES string of the molecule is COCC(N)C(=O)NC(C)(C)c1ccccc1. The molecular weight excluding hydrogens is 216 g/mol. The Labute approximate surface area is 102 Å². The molecule has 0 saturated heterocycles. The van der Waals surface area contributed by atoms with E-state index in [1.54, 1.807) is 0 Å². The number of amides is 1. The molecule has 4 nitrogen and oxygen atoms in total. The summed E-state index contributed by atoms with van der Waals surface area (Å²) in [5, 5.41) is 2.91. The first kappa shape index (κ1) is 13.7. The van der Waals surface area contributed by atoms with E-state index >= 15 is 0 Å². The van der Waals surface area contributed by atoms with Crippen molar-refractivity contribution in [1.82, 2.24) is 5.32 Å². The van der Waals surface area contributed by atoms with Crippen LogP contribution in [-0.4, -0.2) is 25.7 Å². The van der Waals surface area contributed by atoms with E-state index < -0.39 is 11.6 Å². The Morgan fingerprint density at radius 1 is 1.41 bits per heavy atom. The van der Waals surface area contributed by atoms with Crippen molar-refractivity contribution < 1.29 is 9.53 Å². The minimum absolute atomic E-state index is 0.208. The lowest BCUT2D eigenvalue weighted by Gasteiger charge is -2.28. The van der Waals surface area contributed by atoms with Crippen molar-refractivity contribution in [3.05, 3.63) is 35.9 Å². The average molecular weight is 236 g/mol. The maximum absolute atomic E-state index is 11.8. The van der Waals surface area contributed by atoms with E-state index in [0.29, 0.717) is 0 Å². The van der Waals surface area contributed by atoms with Gasteiger partial charge in [-0.3, -0.25) is 4.79 Å². The van der Waals surface area contributed by atoms with Gasteiger partial charge in [-0.1, -0.05) is 30.3 Å². The third kappa shape index (κ3) is 3.84. The van der Waals surface area contributed by atoms with Gasteiger partial charge in [0.2, 0.25) is 5.91 Å². The molecule has 1 aromatic rings. The largest absolute Gasteiger partial charge is 0.383 e. The van der Waals surface area contributed by atoms with E-state index in [-0.39, 0.29) is 12.5 Å². The van der Waals surface area contributed by atoms with Gasteiger partial charge in [0.1, 0.15) is 6.04 Å². The van der Waals surface area contributed by atoms with Crippen molar-refractivity contribution in [1.29, 1.82) is 0 Å². The normalized spacial score (nSPS) is 13.2. The van der Waals surface area contributed by atoms with Gasteiger partial charge in [-0.2, -0.15) is 0 Å². The summed E-state index contributed by atoms with van der Waals surface area (Å²) in [5.41, 5.74) is 6.27. The molecular formula is C13H20N2O2. The minimum atomic E-state index is -0.636. The number of nitrogens with two attached hydrogens (primary N) is 1. The maximum Gasteiger partial charge on any atom is 0.239 e. The standard InChI is InChI=1S/C13H20N2O2/c1-13(2,10-7-5-4-6-8-10)15-12(16)11(14)9-17-3/h4-8,11H,9,14H2,1-3H3,(H,15,16). The van der Waals surface area contributed by atoms with Gasteiger partial charge in [-0.15, -0.1) is 0 Å². The zero-order valence-electron chi connectivity index (χ0n) is 10.6. The predicted octanol–water partition coefficient (Wildman–Crippen LogP) is 1.01. The van der Waals surface area contributed by atoms with Crippen molar-refractivity contribution >= 4 is 5.91 Å². The quantitative estimate of drug-likeness (QED) is 0.802. The van der Waals surface area contributed by atoms with Crippen LogP contribution in [0.3, 0.4) is 0 Å². The van der Waals surface area contributed by atoms with Crippen molar-refractivity contribution in [2.75, 3.05) is 13.7 Å². The molecule has 0 aliphatic carbocycles. The molecule has 0 saturated carbocycles. The zero-order chi connectivity index (χ0) is 12.9. The number of benzene rings is 1. The Morgan fingerprint density at radius 2 is 2.00 bits per heavy atom. The molecule has 94 valence electrons. The van der Waals surface area contributed by atoms with E-state index in [0.717, 1.165) is 5.56 Å². The number of carbonyl (C=O) groups excluding carboxylic acids is 1. The number of rotatable bonds is 5. The molecule has 1 rings (SSSR count). The molecule has 0 radical (unpaired) electrons. The second kappa shape index (κ2) is 5.80. The third-order valence-corrected chi connectivity index (χ3v) is 2.61. The monoisotopic (exact) mass is 236 g/mol. The fourth-order valence-corrected chi connectivity index (χ4v) is 1.58. The van der Waals surface area contributed by atoms with Crippen LogP contribution in [0.5, 0.6) is 0 Å². The highest BCUT2D eigenvalue weighted by molar-refractivity contribution is 5.82. The number of methoxy groups -OCH3 is 1. The van der Waals surface area contributed by atoms with E-state index in [1.807, 2.05) is 44.2 Å². The van der Waals surface area contributed by atoms with E-state index in [4.69, 9.17) is 10.5 Å². The summed E-state index contributed by atoms with van der Waals surface area (Å²) in [6.45, 7) is 4.11. The van der Waals surface area contributed by atoms with Crippen LogP contribution in [-0.2, 0) is 15.1 Å². The molecule has 0 fully saturated rings. The molecule has 0 aromatic heterocycles. The van der Waals surface area contributed by atoms with Crippen molar-refractivity contribution in [3.8, 4) is 0 Å². The number of hydrogen-bond acceptors (Lipinski definition) is 3. The summed E-state index contributed by atoms with van der Waals surface area (Å²) in [4.78, 5) is 11.8. The summed E-state index contributed by atoms with van der Waals surface area (Å²) >= 11 is 0. The summed E-state index contributed by atoms with van der Waals surface area (Å²) in [6.07, 6.45) is 0. The first-order valence-electron chi connectivity index (χ1n) is 5.59. The number of carbonyl (C=O) groups is 1. The van der Waals surface area contributed by atoms with Crippen LogP contribution in [0.1, 0.15) is 19.4 Å². The molecule has 1 unspecified atom stereocenters. The summed E-state index contributed by atoms with van der Waals surface area (Å²) in [7, 11) is 1.52. The topological polar surface area (TPSA) is 64.3 Å². The number of ether oxygens (including phenoxy) is 1. The Morgan fingerprint density at radius 3 is 2.53 bits per heavy atom. The van der Waals surface area contributed by atoms with Gasteiger partial charge in [-0.05, 0) is 19.4 Å². The molecule has 0 aliphatic heterocycles. The molecule has 17 heavy (non-hydrogen) atoms. The highest BCUT2D eigenvalue weighted by Gasteiger charge is 2.25. The van der Waals surface area contributed by atoms with Gasteiger partial charge in [-0.25, -0.2) is 0 Å². The van der Waals surface area contributed by atoms with Crippen LogP contribution in [0, 0.1) is 0 Å². The summed E-state index contributed by atoms with van der Waals surface area (Å²) < 4.78 is 4.86. The lowest BCUT2D eigenvalue weighted by molar-refractivity contribution is -0.125. The minimum Gasteiger partial charge on any atom is -0.383 e. The van der Waals surface area contributed by atoms with Crippen LogP contribution in [0.4, 0.5) is 0 Å². The lowest BCUT2D eigenvalue weighted by Crippen LogP contribution is -2.50. The Balaban J connectivity index is 2.70. The molecule has 1 atom stereocenters. The molecule has 0 aliphatic rings. The van der Waals surface area contributed by atoms with Crippen molar-refractivity contribution in [3.63, 3.8) is 0 Å². The smallest absolute Gasteiger partial charge is 0.239 e. The van der Waals surface area contributed by atoms with Gasteiger partial charge in [0, 0.05) is 7.11 Å². The Bertz CT molecular complexity index is 363. The zero-order valence-corrected chi connectivity index (χ0v) is 10.6. The molecule has 0 heterocycles. The van der Waals surface area contributed by atoms with Crippen LogP contribution >= 0.6 is 0 Å². The summed E-state index contributed by atoms with van der Waals surface area (Å²) in [6, 6.07) is 9.14. The molecule has 4 heteroatoms. The van der Waals surface area contributed by atoms with Crippen LogP contribution in [0.25, 0.3) is 0 Å². The first-order chi connectivity index (χ1) is 7.97. The molecule has 1 amide bonds. The Hall–Kier alpha value is -1.39. The number of hydrogen-bond donors (Lipinski definition) is 2. The fourth-order valence-electron chi connectivity index (χ4n) is 1.58. The van der Waals surface area contributed by atoms with Gasteiger partial charge >= 0.3 is 0 Å². The maximum atomic E-state index is 11.8. The molecule has 0 spiro atoms. The van der Waals surface area contributed by atoms with Crippen LogP contribution in [0.2, 0.25) is 0 Å². The van der Waals surface area contributed by atoms with Gasteiger partial charge in [0.25, 0.3) is 0 Å².